The number of methoxy groups -OCH3 is 3. The average Bonchev–Trinajstić information content (AvgIpc) is 3.24. The van der Waals surface area contributed by atoms with Crippen LogP contribution in [0.5, 0.6) is 11.5 Å². The van der Waals surface area contributed by atoms with Crippen molar-refractivity contribution in [3.05, 3.63) is 58.7 Å². The maximum absolute atomic E-state index is 11.9. The van der Waals surface area contributed by atoms with Crippen molar-refractivity contribution in [1.29, 1.82) is 0 Å². The molecule has 0 atom stereocenters. The average molecular weight is 456 g/mol. The first-order valence-corrected chi connectivity index (χ1v) is 10.4. The zero-order chi connectivity index (χ0) is 22.0. The van der Waals surface area contributed by atoms with Crippen molar-refractivity contribution in [2.24, 2.45) is 0 Å². The van der Waals surface area contributed by atoms with Crippen LogP contribution in [0.4, 0.5) is 11.5 Å². The van der Waals surface area contributed by atoms with Crippen molar-refractivity contribution in [2.45, 2.75) is 0 Å². The maximum Gasteiger partial charge on any atom is 0.337 e. The maximum atomic E-state index is 11.9. The minimum atomic E-state index is -0.450. The summed E-state index contributed by atoms with van der Waals surface area (Å²) in [5, 5.41) is 6.53. The summed E-state index contributed by atoms with van der Waals surface area (Å²) in [6, 6.07) is 10.6. The number of hydrogen-bond donors (Lipinski definition) is 1. The summed E-state index contributed by atoms with van der Waals surface area (Å²) in [4.78, 5) is 21.5. The van der Waals surface area contributed by atoms with Crippen molar-refractivity contribution in [2.75, 3.05) is 26.6 Å². The molecule has 2 heterocycles. The number of nitrogens with zero attached hydrogens (tertiary/aromatic N) is 2. The SMILES string of the molecule is COC(=O)c1ccc(Cl)c(Nc2ncnc3scc(-c4ccc(OC)c(OC)c4)c23)c1. The van der Waals surface area contributed by atoms with Crippen LogP contribution < -0.4 is 14.8 Å². The van der Waals surface area contributed by atoms with Crippen LogP contribution in [-0.2, 0) is 4.74 Å². The Kier molecular flexibility index (Phi) is 5.92. The van der Waals surface area contributed by atoms with Crippen LogP contribution in [0, 0.1) is 0 Å². The van der Waals surface area contributed by atoms with Crippen LogP contribution >= 0.6 is 22.9 Å². The number of fused-ring (bicyclic) bond motifs is 1. The van der Waals surface area contributed by atoms with E-state index in [1.165, 1.54) is 24.8 Å². The Morgan fingerprint density at radius 2 is 1.84 bits per heavy atom. The van der Waals surface area contributed by atoms with E-state index in [-0.39, 0.29) is 0 Å². The molecule has 0 bridgehead atoms. The molecule has 0 fully saturated rings. The number of aromatic nitrogens is 2. The van der Waals surface area contributed by atoms with Gasteiger partial charge in [0.1, 0.15) is 17.0 Å². The molecule has 2 aromatic carbocycles. The molecule has 0 aliphatic rings. The van der Waals surface area contributed by atoms with Gasteiger partial charge in [-0.15, -0.1) is 11.3 Å². The molecule has 0 spiro atoms. The molecule has 0 radical (unpaired) electrons. The number of thiophene rings is 1. The third-order valence-electron chi connectivity index (χ3n) is 4.71. The summed E-state index contributed by atoms with van der Waals surface area (Å²) >= 11 is 7.87. The summed E-state index contributed by atoms with van der Waals surface area (Å²) in [6.45, 7) is 0. The van der Waals surface area contributed by atoms with Crippen LogP contribution in [0.2, 0.25) is 5.02 Å². The van der Waals surface area contributed by atoms with E-state index in [1.54, 1.807) is 32.4 Å². The highest BCUT2D eigenvalue weighted by atomic mass is 35.5. The summed E-state index contributed by atoms with van der Waals surface area (Å²) in [5.74, 6) is 1.39. The number of carbonyl (C=O) groups excluding carboxylic acids is 1. The molecular formula is C22H18ClN3O4S. The molecule has 0 amide bonds. The zero-order valence-corrected chi connectivity index (χ0v) is 18.5. The molecule has 2 aromatic heterocycles. The van der Waals surface area contributed by atoms with E-state index in [0.29, 0.717) is 33.6 Å². The van der Waals surface area contributed by atoms with Gasteiger partial charge >= 0.3 is 5.97 Å². The van der Waals surface area contributed by atoms with Crippen molar-refractivity contribution >= 4 is 50.6 Å². The highest BCUT2D eigenvalue weighted by Gasteiger charge is 2.17. The molecule has 31 heavy (non-hydrogen) atoms. The van der Waals surface area contributed by atoms with E-state index in [4.69, 9.17) is 25.8 Å². The highest BCUT2D eigenvalue weighted by Crippen LogP contribution is 2.41. The largest absolute Gasteiger partial charge is 0.493 e. The second-order valence-electron chi connectivity index (χ2n) is 6.43. The van der Waals surface area contributed by atoms with Crippen LogP contribution in [0.1, 0.15) is 10.4 Å². The zero-order valence-electron chi connectivity index (χ0n) is 16.9. The van der Waals surface area contributed by atoms with Crippen molar-refractivity contribution in [1.82, 2.24) is 9.97 Å². The van der Waals surface area contributed by atoms with Gasteiger partial charge in [0.25, 0.3) is 0 Å². The first-order chi connectivity index (χ1) is 15.0. The molecule has 158 valence electrons. The Bertz CT molecular complexity index is 1280. The number of nitrogens with one attached hydrogen (secondary N) is 1. The third-order valence-corrected chi connectivity index (χ3v) is 5.92. The smallest absolute Gasteiger partial charge is 0.337 e. The lowest BCUT2D eigenvalue weighted by atomic mass is 10.1. The summed E-state index contributed by atoms with van der Waals surface area (Å²) in [5.41, 5.74) is 2.78. The van der Waals surface area contributed by atoms with E-state index in [2.05, 4.69) is 15.3 Å². The third kappa shape index (κ3) is 3.99. The molecule has 0 saturated heterocycles. The van der Waals surface area contributed by atoms with Gasteiger partial charge in [-0.3, -0.25) is 0 Å². The molecule has 4 aromatic rings. The Balaban J connectivity index is 1.81. The number of halogens is 1. The number of hydrogen-bond acceptors (Lipinski definition) is 8. The van der Waals surface area contributed by atoms with E-state index in [9.17, 15) is 4.79 Å². The van der Waals surface area contributed by atoms with Crippen molar-refractivity contribution in [3.63, 3.8) is 0 Å². The molecule has 1 N–H and O–H groups in total. The summed E-state index contributed by atoms with van der Waals surface area (Å²) < 4.78 is 15.6. The Morgan fingerprint density at radius 3 is 2.58 bits per heavy atom. The van der Waals surface area contributed by atoms with Gasteiger partial charge in [0, 0.05) is 10.9 Å². The normalized spacial score (nSPS) is 10.7. The molecule has 0 saturated carbocycles. The Labute approximate surface area is 187 Å². The second kappa shape index (κ2) is 8.79. The van der Waals surface area contributed by atoms with E-state index >= 15 is 0 Å². The number of anilines is 2. The fourth-order valence-corrected chi connectivity index (χ4v) is 4.26. The number of ether oxygens (including phenoxy) is 3. The molecule has 4 rings (SSSR count). The number of esters is 1. The lowest BCUT2D eigenvalue weighted by Crippen LogP contribution is -2.03. The number of rotatable bonds is 6. The Morgan fingerprint density at radius 1 is 1.03 bits per heavy atom. The summed E-state index contributed by atoms with van der Waals surface area (Å²) in [6.07, 6.45) is 1.48. The van der Waals surface area contributed by atoms with E-state index < -0.39 is 5.97 Å². The minimum Gasteiger partial charge on any atom is -0.493 e. The first-order valence-electron chi connectivity index (χ1n) is 9.15. The fourth-order valence-electron chi connectivity index (χ4n) is 3.18. The predicted octanol–water partition coefficient (Wildman–Crippen LogP) is 5.56. The fraction of sp³-hybridized carbons (Fsp3) is 0.136. The molecule has 9 heteroatoms. The van der Waals surface area contributed by atoms with Gasteiger partial charge in [0.05, 0.1) is 43.0 Å². The highest BCUT2D eigenvalue weighted by molar-refractivity contribution is 7.17. The summed E-state index contributed by atoms with van der Waals surface area (Å²) in [7, 11) is 4.53. The molecule has 0 aliphatic carbocycles. The van der Waals surface area contributed by atoms with Gasteiger partial charge in [-0.1, -0.05) is 17.7 Å². The molecule has 7 nitrogen and oxygen atoms in total. The standard InChI is InChI=1S/C22H18ClN3O4S/c1-28-17-7-5-12(9-18(17)29-2)14-10-31-21-19(14)20(24-11-25-21)26-16-8-13(22(27)30-3)4-6-15(16)23/h4-11H,1-3H3,(H,24,25,26). The van der Waals surface area contributed by atoms with E-state index in [1.807, 2.05) is 23.6 Å². The quantitative estimate of drug-likeness (QED) is 0.381. The number of benzene rings is 2. The Hall–Kier alpha value is -3.36. The van der Waals surface area contributed by atoms with Crippen molar-refractivity contribution < 1.29 is 19.0 Å². The van der Waals surface area contributed by atoms with Crippen molar-refractivity contribution in [3.8, 4) is 22.6 Å². The van der Waals surface area contributed by atoms with Gasteiger partial charge < -0.3 is 19.5 Å². The van der Waals surface area contributed by atoms with Gasteiger partial charge in [-0.05, 0) is 35.9 Å². The van der Waals surface area contributed by atoms with Crippen LogP contribution in [-0.4, -0.2) is 37.3 Å². The first kappa shape index (κ1) is 20.9. The lowest BCUT2D eigenvalue weighted by Gasteiger charge is -2.12. The second-order valence-corrected chi connectivity index (χ2v) is 7.70. The van der Waals surface area contributed by atoms with Gasteiger partial charge in [-0.25, -0.2) is 14.8 Å². The van der Waals surface area contributed by atoms with E-state index in [0.717, 1.165) is 21.3 Å². The minimum absolute atomic E-state index is 0.380. The predicted molar refractivity (Wildman–Crippen MR) is 122 cm³/mol. The van der Waals surface area contributed by atoms with Gasteiger partial charge in [-0.2, -0.15) is 0 Å². The monoisotopic (exact) mass is 455 g/mol. The van der Waals surface area contributed by atoms with Crippen LogP contribution in [0.3, 0.4) is 0 Å². The van der Waals surface area contributed by atoms with Gasteiger partial charge in [0.2, 0.25) is 0 Å². The topological polar surface area (TPSA) is 82.6 Å². The van der Waals surface area contributed by atoms with Crippen LogP contribution in [0.25, 0.3) is 21.3 Å². The molecular weight excluding hydrogens is 438 g/mol. The van der Waals surface area contributed by atoms with Crippen LogP contribution in [0.15, 0.2) is 48.1 Å². The lowest BCUT2D eigenvalue weighted by molar-refractivity contribution is 0.0601. The molecule has 0 unspecified atom stereocenters. The molecule has 0 aliphatic heterocycles. The van der Waals surface area contributed by atoms with Gasteiger partial charge in [0.15, 0.2) is 11.5 Å². The number of carbonyl (C=O) groups is 1.